The van der Waals surface area contributed by atoms with Gasteiger partial charge in [-0.15, -0.1) is 21.5 Å². The average Bonchev–Trinajstić information content (AvgIpc) is 3.33. The summed E-state index contributed by atoms with van der Waals surface area (Å²) in [7, 11) is 0. The molecule has 130 valence electrons. The molecule has 25 heavy (non-hydrogen) atoms. The molecule has 0 amide bonds. The topological polar surface area (TPSA) is 45.4 Å². The second-order valence-corrected chi connectivity index (χ2v) is 7.05. The van der Waals surface area contributed by atoms with Gasteiger partial charge in [-0.2, -0.15) is 0 Å². The molecular formula is C18H19FN4OS. The van der Waals surface area contributed by atoms with Crippen LogP contribution in [0.2, 0.25) is 0 Å². The minimum Gasteiger partial charge on any atom is -0.418 e. The minimum atomic E-state index is -0.200. The number of benzene rings is 1. The van der Waals surface area contributed by atoms with Gasteiger partial charge in [-0.3, -0.25) is 4.90 Å². The highest BCUT2D eigenvalue weighted by atomic mass is 32.1. The van der Waals surface area contributed by atoms with E-state index < -0.39 is 0 Å². The Morgan fingerprint density at radius 1 is 1.08 bits per heavy atom. The van der Waals surface area contributed by atoms with Gasteiger partial charge in [-0.25, -0.2) is 4.39 Å². The third kappa shape index (κ3) is 3.43. The van der Waals surface area contributed by atoms with Crippen molar-refractivity contribution in [3.05, 3.63) is 53.5 Å². The molecule has 0 unspecified atom stereocenters. The fourth-order valence-corrected chi connectivity index (χ4v) is 3.72. The lowest BCUT2D eigenvalue weighted by atomic mass is 10.2. The van der Waals surface area contributed by atoms with Crippen LogP contribution >= 0.6 is 11.3 Å². The first-order chi connectivity index (χ1) is 12.2. The maximum atomic E-state index is 13.1. The van der Waals surface area contributed by atoms with Crippen molar-refractivity contribution in [2.75, 3.05) is 31.1 Å². The van der Waals surface area contributed by atoms with Crippen molar-refractivity contribution in [1.82, 2.24) is 15.1 Å². The first-order valence-corrected chi connectivity index (χ1v) is 9.20. The molecule has 0 saturated carbocycles. The summed E-state index contributed by atoms with van der Waals surface area (Å²) in [5.74, 6) is 1.04. The van der Waals surface area contributed by atoms with Crippen molar-refractivity contribution in [2.45, 2.75) is 13.0 Å². The number of thiophene rings is 1. The van der Waals surface area contributed by atoms with Gasteiger partial charge in [0.15, 0.2) is 0 Å². The fourth-order valence-electron chi connectivity index (χ4n) is 3.08. The normalized spacial score (nSPS) is 17.0. The van der Waals surface area contributed by atoms with Crippen LogP contribution in [0.1, 0.15) is 18.9 Å². The van der Waals surface area contributed by atoms with Crippen LogP contribution in [0, 0.1) is 5.82 Å². The summed E-state index contributed by atoms with van der Waals surface area (Å²) >= 11 is 1.59. The molecule has 0 bridgehead atoms. The first kappa shape index (κ1) is 16.2. The first-order valence-electron chi connectivity index (χ1n) is 8.32. The molecule has 1 aliphatic heterocycles. The summed E-state index contributed by atoms with van der Waals surface area (Å²) in [4.78, 5) is 5.60. The Bertz CT molecular complexity index is 810. The smallest absolute Gasteiger partial charge is 0.257 e. The molecule has 5 nitrogen and oxygen atoms in total. The lowest BCUT2D eigenvalue weighted by Crippen LogP contribution is -2.47. The Labute approximate surface area is 149 Å². The maximum Gasteiger partial charge on any atom is 0.257 e. The van der Waals surface area contributed by atoms with Crippen LogP contribution in [-0.2, 0) is 0 Å². The fraction of sp³-hybridized carbons (Fsp3) is 0.333. The maximum absolute atomic E-state index is 13.1. The van der Waals surface area contributed by atoms with E-state index >= 15 is 0 Å². The van der Waals surface area contributed by atoms with E-state index in [1.165, 1.54) is 12.1 Å². The zero-order chi connectivity index (χ0) is 17.2. The highest BCUT2D eigenvalue weighted by Gasteiger charge is 2.26. The van der Waals surface area contributed by atoms with Crippen molar-refractivity contribution < 1.29 is 8.81 Å². The number of nitrogens with zero attached hydrogens (tertiary/aromatic N) is 4. The van der Waals surface area contributed by atoms with Gasteiger partial charge in [0.1, 0.15) is 5.82 Å². The number of hydrogen-bond acceptors (Lipinski definition) is 6. The van der Waals surface area contributed by atoms with Gasteiger partial charge < -0.3 is 9.32 Å². The molecule has 0 radical (unpaired) electrons. The van der Waals surface area contributed by atoms with Gasteiger partial charge in [-0.05, 0) is 42.6 Å². The van der Waals surface area contributed by atoms with Crippen LogP contribution < -0.4 is 4.90 Å². The number of halogens is 1. The van der Waals surface area contributed by atoms with E-state index in [0.717, 1.165) is 36.7 Å². The van der Waals surface area contributed by atoms with Crippen LogP contribution in [-0.4, -0.2) is 41.3 Å². The highest BCUT2D eigenvalue weighted by molar-refractivity contribution is 7.13. The van der Waals surface area contributed by atoms with E-state index in [1.807, 2.05) is 29.6 Å². The molecule has 2 aromatic heterocycles. The van der Waals surface area contributed by atoms with Gasteiger partial charge in [0.05, 0.1) is 10.9 Å². The molecule has 1 atom stereocenters. The molecule has 3 heterocycles. The minimum absolute atomic E-state index is 0.0802. The van der Waals surface area contributed by atoms with E-state index in [4.69, 9.17) is 4.42 Å². The van der Waals surface area contributed by atoms with E-state index in [1.54, 1.807) is 11.3 Å². The van der Waals surface area contributed by atoms with Crippen LogP contribution in [0.25, 0.3) is 10.8 Å². The van der Waals surface area contributed by atoms with E-state index in [0.29, 0.717) is 11.8 Å². The van der Waals surface area contributed by atoms with E-state index in [2.05, 4.69) is 26.9 Å². The van der Waals surface area contributed by atoms with Gasteiger partial charge in [-0.1, -0.05) is 6.07 Å². The van der Waals surface area contributed by atoms with Crippen LogP contribution in [0.5, 0.6) is 0 Å². The lowest BCUT2D eigenvalue weighted by molar-refractivity contribution is 0.174. The number of aromatic nitrogens is 2. The predicted molar refractivity (Wildman–Crippen MR) is 96.2 cm³/mol. The molecule has 1 aliphatic rings. The molecule has 4 rings (SSSR count). The Kier molecular flexibility index (Phi) is 4.50. The standard InChI is InChI=1S/C18H19FN4OS/c1-13(17-20-21-18(24-17)16-3-2-12-25-16)22-8-10-23(11-9-22)15-6-4-14(19)5-7-15/h2-7,12-13H,8-11H2,1H3/t13-/m1/s1. The van der Waals surface area contributed by atoms with Crippen molar-refractivity contribution in [3.63, 3.8) is 0 Å². The van der Waals surface area contributed by atoms with Crippen LogP contribution in [0.4, 0.5) is 10.1 Å². The largest absolute Gasteiger partial charge is 0.418 e. The Hall–Kier alpha value is -2.25. The third-order valence-electron chi connectivity index (χ3n) is 4.58. The molecule has 7 heteroatoms. The molecule has 0 N–H and O–H groups in total. The van der Waals surface area contributed by atoms with Gasteiger partial charge in [0, 0.05) is 31.9 Å². The molecule has 1 aromatic carbocycles. The summed E-state index contributed by atoms with van der Waals surface area (Å²) < 4.78 is 18.9. The monoisotopic (exact) mass is 358 g/mol. The zero-order valence-electron chi connectivity index (χ0n) is 13.9. The quantitative estimate of drug-likeness (QED) is 0.709. The molecule has 1 saturated heterocycles. The van der Waals surface area contributed by atoms with Crippen molar-refractivity contribution in [1.29, 1.82) is 0 Å². The molecule has 3 aromatic rings. The molecular weight excluding hydrogens is 339 g/mol. The summed E-state index contributed by atoms with van der Waals surface area (Å²) in [6, 6.07) is 10.7. The van der Waals surface area contributed by atoms with Gasteiger partial charge >= 0.3 is 0 Å². The van der Waals surface area contributed by atoms with E-state index in [-0.39, 0.29) is 11.9 Å². The number of hydrogen-bond donors (Lipinski definition) is 0. The average molecular weight is 358 g/mol. The summed E-state index contributed by atoms with van der Waals surface area (Å²) in [6.45, 7) is 5.67. The number of piperazine rings is 1. The van der Waals surface area contributed by atoms with Crippen molar-refractivity contribution in [2.24, 2.45) is 0 Å². The highest BCUT2D eigenvalue weighted by Crippen LogP contribution is 2.28. The number of anilines is 1. The summed E-state index contributed by atoms with van der Waals surface area (Å²) in [5.41, 5.74) is 1.06. The Balaban J connectivity index is 1.39. The Morgan fingerprint density at radius 2 is 1.84 bits per heavy atom. The molecule has 0 spiro atoms. The summed E-state index contributed by atoms with van der Waals surface area (Å²) in [6.07, 6.45) is 0. The number of rotatable bonds is 4. The van der Waals surface area contributed by atoms with Gasteiger partial charge in [0.25, 0.3) is 5.89 Å². The van der Waals surface area contributed by atoms with Crippen LogP contribution in [0.15, 0.2) is 46.2 Å². The van der Waals surface area contributed by atoms with Crippen molar-refractivity contribution in [3.8, 4) is 10.8 Å². The van der Waals surface area contributed by atoms with Crippen molar-refractivity contribution >= 4 is 17.0 Å². The molecule has 1 fully saturated rings. The molecule has 0 aliphatic carbocycles. The van der Waals surface area contributed by atoms with E-state index in [9.17, 15) is 4.39 Å². The summed E-state index contributed by atoms with van der Waals surface area (Å²) in [5, 5.41) is 10.4. The van der Waals surface area contributed by atoms with Crippen LogP contribution in [0.3, 0.4) is 0 Å². The SMILES string of the molecule is C[C@H](c1nnc(-c2cccs2)o1)N1CCN(c2ccc(F)cc2)CC1. The second kappa shape index (κ2) is 6.93. The third-order valence-corrected chi connectivity index (χ3v) is 5.44. The van der Waals surface area contributed by atoms with Gasteiger partial charge in [0.2, 0.25) is 5.89 Å². The lowest BCUT2D eigenvalue weighted by Gasteiger charge is -2.38. The predicted octanol–water partition coefficient (Wildman–Crippen LogP) is 3.82. The second-order valence-electron chi connectivity index (χ2n) is 6.10. The zero-order valence-corrected chi connectivity index (χ0v) is 14.7. The Morgan fingerprint density at radius 3 is 2.52 bits per heavy atom.